The first-order chi connectivity index (χ1) is 17.9. The highest BCUT2D eigenvalue weighted by Gasteiger charge is 2.65. The van der Waals surface area contributed by atoms with Crippen molar-refractivity contribution >= 4 is 16.6 Å². The van der Waals surface area contributed by atoms with Gasteiger partial charge in [0.1, 0.15) is 12.9 Å². The second kappa shape index (κ2) is 11.0. The smallest absolute Gasteiger partial charge is 0.250 e. The molecule has 0 aromatic carbocycles. The molecule has 0 amide bonds. The van der Waals surface area contributed by atoms with Gasteiger partial charge in [-0.25, -0.2) is 0 Å². The fourth-order valence-corrected chi connectivity index (χ4v) is 9.44. The van der Waals surface area contributed by atoms with Crippen LogP contribution in [0.5, 0.6) is 0 Å². The monoisotopic (exact) mass is 598 g/mol. The van der Waals surface area contributed by atoms with E-state index in [1.165, 1.54) is 0 Å². The normalized spacial score (nSPS) is 37.2. The van der Waals surface area contributed by atoms with Crippen LogP contribution >= 0.6 is 0 Å². The number of hydrogen-bond acceptors (Lipinski definition) is 6. The van der Waals surface area contributed by atoms with Crippen LogP contribution in [-0.2, 0) is 18.3 Å². The third-order valence-electron chi connectivity index (χ3n) is 12.1. The molecule has 0 aromatic heterocycles. The standard InChI is InChI=1S/C32H62O6Si2/c1-28(2,3)39(11,12)37-24-16-15-22-19-26(33)31(9)18-17-27(36-21-35-10)32(34,38-40(13,14)29(4,5)6)25(31)20-23(24)30(22,7)8/h16,22-23,25-27,33-34H,15,17-21H2,1-14H3/t22?,23?,25-,26+,27-,31+,32-/m0/s1. The van der Waals surface area contributed by atoms with Crippen molar-refractivity contribution in [2.24, 2.45) is 28.6 Å². The average molecular weight is 599 g/mol. The molecule has 2 fully saturated rings. The number of ether oxygens (including phenoxy) is 2. The van der Waals surface area contributed by atoms with Crippen molar-refractivity contribution in [3.8, 4) is 0 Å². The number of aliphatic hydroxyl groups is 2. The Kier molecular flexibility index (Phi) is 9.46. The van der Waals surface area contributed by atoms with Crippen molar-refractivity contribution in [2.75, 3.05) is 13.9 Å². The van der Waals surface area contributed by atoms with Crippen LogP contribution in [0.2, 0.25) is 36.3 Å². The molecular formula is C32H62O6Si2. The van der Waals surface area contributed by atoms with E-state index in [2.05, 4.69) is 94.6 Å². The molecule has 0 saturated heterocycles. The number of aliphatic hydroxyl groups excluding tert-OH is 1. The van der Waals surface area contributed by atoms with E-state index in [4.69, 9.17) is 18.3 Å². The van der Waals surface area contributed by atoms with Gasteiger partial charge in [0.05, 0.1) is 11.9 Å². The number of hydrogen-bond donors (Lipinski definition) is 2. The summed E-state index contributed by atoms with van der Waals surface area (Å²) < 4.78 is 25.7. The number of allylic oxidation sites excluding steroid dienone is 2. The molecule has 0 spiro atoms. The minimum absolute atomic E-state index is 0.0806. The van der Waals surface area contributed by atoms with Gasteiger partial charge in [0.2, 0.25) is 8.32 Å². The molecule has 2 unspecified atom stereocenters. The Labute approximate surface area is 247 Å². The van der Waals surface area contributed by atoms with Crippen molar-refractivity contribution < 1.29 is 28.5 Å². The predicted octanol–water partition coefficient (Wildman–Crippen LogP) is 7.82. The lowest BCUT2D eigenvalue weighted by Gasteiger charge is -2.62. The van der Waals surface area contributed by atoms with Crippen LogP contribution in [-0.4, -0.2) is 58.7 Å². The molecule has 8 heteroatoms. The molecule has 3 aliphatic rings. The summed E-state index contributed by atoms with van der Waals surface area (Å²) >= 11 is 0. The van der Waals surface area contributed by atoms with E-state index in [-0.39, 0.29) is 34.1 Å². The van der Waals surface area contributed by atoms with Crippen LogP contribution in [0, 0.1) is 28.6 Å². The van der Waals surface area contributed by atoms with Crippen molar-refractivity contribution in [3.05, 3.63) is 11.8 Å². The highest BCUT2D eigenvalue weighted by atomic mass is 28.4. The van der Waals surface area contributed by atoms with E-state index in [1.807, 2.05) is 0 Å². The maximum Gasteiger partial charge on any atom is 0.250 e. The summed E-state index contributed by atoms with van der Waals surface area (Å²) in [5.74, 6) is -0.365. The Bertz CT molecular complexity index is 933. The lowest BCUT2D eigenvalue weighted by atomic mass is 9.50. The zero-order valence-electron chi connectivity index (χ0n) is 28.2. The zero-order chi connectivity index (χ0) is 30.7. The van der Waals surface area contributed by atoms with E-state index in [1.54, 1.807) is 7.11 Å². The first kappa shape index (κ1) is 34.3. The molecule has 0 radical (unpaired) electrons. The average Bonchev–Trinajstić information content (AvgIpc) is 2.77. The minimum atomic E-state index is -2.44. The molecule has 6 nitrogen and oxygen atoms in total. The third-order valence-corrected chi connectivity index (χ3v) is 20.9. The molecule has 234 valence electrons. The second-order valence-corrected chi connectivity index (χ2v) is 26.5. The number of rotatable bonds is 7. The molecule has 3 aliphatic carbocycles. The summed E-state index contributed by atoms with van der Waals surface area (Å²) in [6.07, 6.45) is 4.90. The first-order valence-corrected chi connectivity index (χ1v) is 21.4. The van der Waals surface area contributed by atoms with Gasteiger partial charge in [-0.1, -0.05) is 62.3 Å². The molecule has 3 rings (SSSR count). The Morgan fingerprint density at radius 3 is 2.05 bits per heavy atom. The van der Waals surface area contributed by atoms with Crippen molar-refractivity contribution in [1.82, 2.24) is 0 Å². The second-order valence-electron chi connectivity index (χ2n) is 17.0. The molecule has 2 N–H and O–H groups in total. The maximum atomic E-state index is 12.9. The highest BCUT2D eigenvalue weighted by Crippen LogP contribution is 2.62. The van der Waals surface area contributed by atoms with Crippen LogP contribution in [0.25, 0.3) is 0 Å². The van der Waals surface area contributed by atoms with E-state index >= 15 is 0 Å². The van der Waals surface area contributed by atoms with Crippen LogP contribution in [0.4, 0.5) is 0 Å². The van der Waals surface area contributed by atoms with Crippen molar-refractivity contribution in [1.29, 1.82) is 0 Å². The Morgan fingerprint density at radius 2 is 1.52 bits per heavy atom. The van der Waals surface area contributed by atoms with Crippen LogP contribution < -0.4 is 0 Å². The molecule has 0 heterocycles. The van der Waals surface area contributed by atoms with Gasteiger partial charge in [-0.3, -0.25) is 0 Å². The molecule has 0 aliphatic heterocycles. The first-order valence-electron chi connectivity index (χ1n) is 15.5. The summed E-state index contributed by atoms with van der Waals surface area (Å²) in [5, 5.41) is 24.9. The summed E-state index contributed by atoms with van der Waals surface area (Å²) in [6, 6.07) is 0. The summed E-state index contributed by atoms with van der Waals surface area (Å²) in [6.45, 7) is 29.4. The fourth-order valence-electron chi connectivity index (χ4n) is 6.92. The fraction of sp³-hybridized carbons (Fsp3) is 0.938. The van der Waals surface area contributed by atoms with E-state index in [0.717, 1.165) is 18.6 Å². The van der Waals surface area contributed by atoms with Crippen LogP contribution in [0.3, 0.4) is 0 Å². The van der Waals surface area contributed by atoms with E-state index in [0.29, 0.717) is 25.2 Å². The third kappa shape index (κ3) is 6.06. The zero-order valence-corrected chi connectivity index (χ0v) is 30.2. The van der Waals surface area contributed by atoms with Crippen LogP contribution in [0.15, 0.2) is 11.8 Å². The Balaban J connectivity index is 2.18. The number of fused-ring (bicyclic) bond motifs is 3. The molecule has 2 bridgehead atoms. The molecular weight excluding hydrogens is 537 g/mol. The van der Waals surface area contributed by atoms with Gasteiger partial charge < -0.3 is 28.5 Å². The quantitative estimate of drug-likeness (QED) is 0.230. The van der Waals surface area contributed by atoms with Crippen molar-refractivity contribution in [2.45, 2.75) is 149 Å². The lowest BCUT2D eigenvalue weighted by molar-refractivity contribution is -0.322. The lowest BCUT2D eigenvalue weighted by Crippen LogP contribution is -2.68. The minimum Gasteiger partial charge on any atom is -0.547 e. The molecule has 40 heavy (non-hydrogen) atoms. The van der Waals surface area contributed by atoms with Crippen LogP contribution in [0.1, 0.15) is 94.4 Å². The number of methoxy groups -OCH3 is 1. The van der Waals surface area contributed by atoms with Gasteiger partial charge in [0, 0.05) is 24.4 Å². The molecule has 0 aromatic rings. The SMILES string of the molecule is COCO[C@H]1CC[C@@]2(C)[C@H](O)CC3CC=C(O[Si](C)(C)C(C)(C)C)C(C[C@@H]2[C@]1(O)O[Si](C)(C)C(C)(C)C)C3(C)C. The van der Waals surface area contributed by atoms with E-state index in [9.17, 15) is 10.2 Å². The maximum absolute atomic E-state index is 12.9. The summed E-state index contributed by atoms with van der Waals surface area (Å²) in [7, 11) is -2.92. The largest absolute Gasteiger partial charge is 0.547 e. The van der Waals surface area contributed by atoms with Gasteiger partial charge in [0.25, 0.3) is 0 Å². The summed E-state index contributed by atoms with van der Waals surface area (Å²) in [4.78, 5) is 0. The van der Waals surface area contributed by atoms with Gasteiger partial charge >= 0.3 is 0 Å². The van der Waals surface area contributed by atoms with Gasteiger partial charge in [-0.15, -0.1) is 0 Å². The summed E-state index contributed by atoms with van der Waals surface area (Å²) in [5.41, 5.74) is -0.622. The Morgan fingerprint density at radius 1 is 0.950 bits per heavy atom. The van der Waals surface area contributed by atoms with Gasteiger partial charge in [0.15, 0.2) is 14.1 Å². The van der Waals surface area contributed by atoms with Gasteiger partial charge in [-0.05, 0) is 85.8 Å². The van der Waals surface area contributed by atoms with Gasteiger partial charge in [-0.2, -0.15) is 0 Å². The molecule has 7 atom stereocenters. The molecule has 2 saturated carbocycles. The Hall–Kier alpha value is -0.226. The van der Waals surface area contributed by atoms with Crippen molar-refractivity contribution in [3.63, 3.8) is 0 Å². The topological polar surface area (TPSA) is 77.4 Å². The van der Waals surface area contributed by atoms with E-state index < -0.39 is 40.0 Å². The predicted molar refractivity (Wildman–Crippen MR) is 168 cm³/mol. The highest BCUT2D eigenvalue weighted by molar-refractivity contribution is 6.74.